The molecule has 0 bridgehead atoms. The molecule has 0 saturated heterocycles. The summed E-state index contributed by atoms with van der Waals surface area (Å²) in [7, 11) is 0. The lowest BCUT2D eigenvalue weighted by Gasteiger charge is -2.32. The topological polar surface area (TPSA) is 28.2 Å². The van der Waals surface area contributed by atoms with Crippen LogP contribution in [0.25, 0.3) is 0 Å². The predicted octanol–water partition coefficient (Wildman–Crippen LogP) is 5.17. The minimum atomic E-state index is -0.642. The third kappa shape index (κ3) is 5.74. The van der Waals surface area contributed by atoms with Crippen molar-refractivity contribution in [3.63, 3.8) is 0 Å². The van der Waals surface area contributed by atoms with E-state index in [1.807, 2.05) is 30.0 Å². The molecule has 2 rings (SSSR count). The number of anilines is 1. The lowest BCUT2D eigenvalue weighted by molar-refractivity contribution is 0.313. The van der Waals surface area contributed by atoms with Gasteiger partial charge in [-0.1, -0.05) is 19.9 Å². The average Bonchev–Trinajstić information content (AvgIpc) is 2.54. The van der Waals surface area contributed by atoms with E-state index in [0.717, 1.165) is 24.7 Å². The second-order valence-electron chi connectivity index (χ2n) is 6.39. The molecule has 25 heavy (non-hydrogen) atoms. The first kappa shape index (κ1) is 19.2. The zero-order chi connectivity index (χ0) is 18.4. The summed E-state index contributed by atoms with van der Waals surface area (Å²) in [6, 6.07) is 8.96. The summed E-state index contributed by atoms with van der Waals surface area (Å²) in [5.41, 5.74) is 1.19. The van der Waals surface area contributed by atoms with Gasteiger partial charge >= 0.3 is 0 Å². The van der Waals surface area contributed by atoms with Gasteiger partial charge in [0.25, 0.3) is 0 Å². The number of rotatable bonds is 6. The quantitative estimate of drug-likeness (QED) is 0.717. The molecule has 0 aliphatic carbocycles. The van der Waals surface area contributed by atoms with Crippen molar-refractivity contribution in [1.29, 1.82) is 0 Å². The Morgan fingerprint density at radius 2 is 1.84 bits per heavy atom. The Morgan fingerprint density at radius 3 is 2.40 bits per heavy atom. The smallest absolute Gasteiger partial charge is 0.173 e. The van der Waals surface area contributed by atoms with Crippen LogP contribution in [0.2, 0.25) is 0 Å². The number of hydrogen-bond donors (Lipinski definition) is 1. The number of halogens is 2. The van der Waals surface area contributed by atoms with Gasteiger partial charge in [0.15, 0.2) is 5.11 Å². The SMILES string of the molecule is CC(C)CCN(C(=S)Nc1cc(F)cc(F)c1)C(C)c1ccccn1. The van der Waals surface area contributed by atoms with Gasteiger partial charge in [-0.2, -0.15) is 0 Å². The van der Waals surface area contributed by atoms with Gasteiger partial charge in [-0.3, -0.25) is 4.98 Å². The van der Waals surface area contributed by atoms with Crippen LogP contribution in [0.1, 0.15) is 38.9 Å². The fourth-order valence-electron chi connectivity index (χ4n) is 2.47. The normalized spacial score (nSPS) is 12.1. The molecule has 0 saturated carbocycles. The van der Waals surface area contributed by atoms with Gasteiger partial charge in [-0.05, 0) is 55.7 Å². The zero-order valence-corrected chi connectivity index (χ0v) is 15.5. The fraction of sp³-hybridized carbons (Fsp3) is 0.368. The number of nitrogens with one attached hydrogen (secondary N) is 1. The second kappa shape index (κ2) is 8.85. The molecule has 134 valence electrons. The Morgan fingerprint density at radius 1 is 1.16 bits per heavy atom. The van der Waals surface area contributed by atoms with Crippen LogP contribution in [-0.4, -0.2) is 21.5 Å². The van der Waals surface area contributed by atoms with E-state index in [-0.39, 0.29) is 6.04 Å². The number of nitrogens with zero attached hydrogens (tertiary/aromatic N) is 2. The van der Waals surface area contributed by atoms with Gasteiger partial charge in [-0.25, -0.2) is 8.78 Å². The highest BCUT2D eigenvalue weighted by molar-refractivity contribution is 7.80. The molecule has 1 atom stereocenters. The van der Waals surface area contributed by atoms with Crippen molar-refractivity contribution in [2.24, 2.45) is 5.92 Å². The van der Waals surface area contributed by atoms with Crippen molar-refractivity contribution in [3.8, 4) is 0 Å². The summed E-state index contributed by atoms with van der Waals surface area (Å²) in [5.74, 6) is -0.776. The molecule has 1 unspecified atom stereocenters. The molecule has 1 aromatic carbocycles. The molecular weight excluding hydrogens is 340 g/mol. The van der Waals surface area contributed by atoms with Crippen LogP contribution in [0.15, 0.2) is 42.6 Å². The summed E-state index contributed by atoms with van der Waals surface area (Å²) in [5, 5.41) is 3.37. The molecule has 3 nitrogen and oxygen atoms in total. The van der Waals surface area contributed by atoms with Crippen LogP contribution in [0.5, 0.6) is 0 Å². The first-order valence-corrected chi connectivity index (χ1v) is 8.72. The van der Waals surface area contributed by atoms with Crippen LogP contribution in [0.4, 0.5) is 14.5 Å². The summed E-state index contributed by atoms with van der Waals surface area (Å²) < 4.78 is 26.8. The van der Waals surface area contributed by atoms with Gasteiger partial charge in [-0.15, -0.1) is 0 Å². The maximum atomic E-state index is 13.4. The Bertz CT molecular complexity index is 687. The third-order valence-electron chi connectivity index (χ3n) is 3.91. The van der Waals surface area contributed by atoms with Gasteiger partial charge in [0, 0.05) is 24.5 Å². The summed E-state index contributed by atoms with van der Waals surface area (Å²) in [6.45, 7) is 7.02. The average molecular weight is 363 g/mol. The lowest BCUT2D eigenvalue weighted by Crippen LogP contribution is -2.38. The van der Waals surface area contributed by atoms with Crippen molar-refractivity contribution in [2.45, 2.75) is 33.2 Å². The molecule has 2 aromatic rings. The van der Waals surface area contributed by atoms with Gasteiger partial charge in [0.1, 0.15) is 11.6 Å². The van der Waals surface area contributed by atoms with E-state index in [1.165, 1.54) is 12.1 Å². The molecule has 6 heteroatoms. The monoisotopic (exact) mass is 363 g/mol. The second-order valence-corrected chi connectivity index (χ2v) is 6.78. The summed E-state index contributed by atoms with van der Waals surface area (Å²) in [4.78, 5) is 6.40. The first-order chi connectivity index (χ1) is 11.9. The summed E-state index contributed by atoms with van der Waals surface area (Å²) >= 11 is 5.51. The van der Waals surface area contributed by atoms with Crippen molar-refractivity contribution in [3.05, 3.63) is 59.9 Å². The molecule has 1 N–H and O–H groups in total. The highest BCUT2D eigenvalue weighted by atomic mass is 32.1. The Kier molecular flexibility index (Phi) is 6.82. The van der Waals surface area contributed by atoms with Crippen molar-refractivity contribution in [2.75, 3.05) is 11.9 Å². The van der Waals surface area contributed by atoms with Crippen molar-refractivity contribution in [1.82, 2.24) is 9.88 Å². The van der Waals surface area contributed by atoms with Crippen LogP contribution < -0.4 is 5.32 Å². The molecule has 0 fully saturated rings. The molecule has 1 aromatic heterocycles. The minimum Gasteiger partial charge on any atom is -0.341 e. The number of aromatic nitrogens is 1. The van der Waals surface area contributed by atoms with E-state index in [0.29, 0.717) is 16.7 Å². The fourth-order valence-corrected chi connectivity index (χ4v) is 2.84. The molecule has 0 spiro atoms. The maximum Gasteiger partial charge on any atom is 0.173 e. The molecule has 1 heterocycles. The largest absolute Gasteiger partial charge is 0.341 e. The maximum absolute atomic E-state index is 13.4. The Labute approximate surface area is 153 Å². The van der Waals surface area contributed by atoms with Crippen molar-refractivity contribution < 1.29 is 8.78 Å². The van der Waals surface area contributed by atoms with E-state index >= 15 is 0 Å². The number of benzene rings is 1. The number of hydrogen-bond acceptors (Lipinski definition) is 2. The van der Waals surface area contributed by atoms with Crippen LogP contribution in [-0.2, 0) is 0 Å². The number of thiocarbonyl (C=S) groups is 1. The predicted molar refractivity (Wildman–Crippen MR) is 101 cm³/mol. The van der Waals surface area contributed by atoms with Crippen molar-refractivity contribution >= 4 is 23.0 Å². The van der Waals surface area contributed by atoms with Gasteiger partial charge in [0.05, 0.1) is 11.7 Å². The molecule has 0 amide bonds. The molecule has 0 radical (unpaired) electrons. The Balaban J connectivity index is 2.19. The van der Waals surface area contributed by atoms with Gasteiger partial charge in [0.2, 0.25) is 0 Å². The van der Waals surface area contributed by atoms with Gasteiger partial charge < -0.3 is 10.2 Å². The van der Waals surface area contributed by atoms with E-state index in [2.05, 4.69) is 24.1 Å². The first-order valence-electron chi connectivity index (χ1n) is 8.31. The van der Waals surface area contributed by atoms with E-state index in [1.54, 1.807) is 6.20 Å². The lowest BCUT2D eigenvalue weighted by atomic mass is 10.1. The van der Waals surface area contributed by atoms with E-state index < -0.39 is 11.6 Å². The van der Waals surface area contributed by atoms with E-state index in [4.69, 9.17) is 12.2 Å². The Hall–Kier alpha value is -2.08. The van der Waals surface area contributed by atoms with Crippen LogP contribution >= 0.6 is 12.2 Å². The third-order valence-corrected chi connectivity index (χ3v) is 4.24. The summed E-state index contributed by atoms with van der Waals surface area (Å²) in [6.07, 6.45) is 2.68. The van der Waals surface area contributed by atoms with Crippen LogP contribution in [0, 0.1) is 17.6 Å². The molecular formula is C19H23F2N3S. The highest BCUT2D eigenvalue weighted by Crippen LogP contribution is 2.22. The van der Waals surface area contributed by atoms with E-state index in [9.17, 15) is 8.78 Å². The highest BCUT2D eigenvalue weighted by Gasteiger charge is 2.20. The molecule has 0 aliphatic heterocycles. The molecule has 0 aliphatic rings. The zero-order valence-electron chi connectivity index (χ0n) is 14.7. The minimum absolute atomic E-state index is 0.0571. The number of pyridine rings is 1. The van der Waals surface area contributed by atoms with Crippen LogP contribution in [0.3, 0.4) is 0 Å². The standard InChI is InChI=1S/C19H23F2N3S/c1-13(2)7-9-24(14(3)18-6-4-5-8-22-18)19(25)23-17-11-15(20)10-16(21)12-17/h4-6,8,10-14H,7,9H2,1-3H3,(H,23,25).